The fraction of sp³-hybridized carbons (Fsp3) is 0.467. The Bertz CT molecular complexity index is 1080. The normalized spacial score (nSPS) is 12.1. The SMILES string of the molecule is NCCOCCOCCOCCOCCC(=O)CCCC(=O)N1Cc2ccccc2C#Cc2ccccc21. The number of benzene rings is 2. The number of carbonyl (C=O) groups is 2. The number of para-hydroxylation sites is 1. The Labute approximate surface area is 225 Å². The number of hydrogen-bond acceptors (Lipinski definition) is 7. The van der Waals surface area contributed by atoms with Crippen LogP contribution in [0.3, 0.4) is 0 Å². The molecule has 0 aliphatic carbocycles. The lowest BCUT2D eigenvalue weighted by atomic mass is 10.0. The summed E-state index contributed by atoms with van der Waals surface area (Å²) in [6, 6.07) is 15.6. The molecule has 0 saturated carbocycles. The zero-order valence-corrected chi connectivity index (χ0v) is 22.0. The van der Waals surface area contributed by atoms with E-state index in [9.17, 15) is 9.59 Å². The van der Waals surface area contributed by atoms with Gasteiger partial charge in [-0.05, 0) is 30.2 Å². The molecule has 8 nitrogen and oxygen atoms in total. The number of amides is 1. The van der Waals surface area contributed by atoms with E-state index in [0.29, 0.717) is 91.6 Å². The third kappa shape index (κ3) is 10.4. The number of hydrogen-bond donors (Lipinski definition) is 1. The molecular formula is C30H38N2O6. The predicted molar refractivity (Wildman–Crippen MR) is 146 cm³/mol. The number of nitrogens with zero attached hydrogens (tertiary/aromatic N) is 1. The molecule has 0 bridgehead atoms. The van der Waals surface area contributed by atoms with Crippen molar-refractivity contribution in [3.8, 4) is 11.8 Å². The first-order chi connectivity index (χ1) is 18.7. The van der Waals surface area contributed by atoms with E-state index in [1.807, 2.05) is 48.5 Å². The van der Waals surface area contributed by atoms with Crippen molar-refractivity contribution in [1.29, 1.82) is 0 Å². The Hall–Kier alpha value is -3.06. The summed E-state index contributed by atoms with van der Waals surface area (Å²) in [5.74, 6) is 6.51. The Balaban J connectivity index is 1.29. The highest BCUT2D eigenvalue weighted by Gasteiger charge is 2.21. The van der Waals surface area contributed by atoms with Gasteiger partial charge in [0.15, 0.2) is 0 Å². The second kappa shape index (κ2) is 17.4. The minimum atomic E-state index is -0.00998. The van der Waals surface area contributed by atoms with Crippen molar-refractivity contribution >= 4 is 17.4 Å². The van der Waals surface area contributed by atoms with Gasteiger partial charge in [0.1, 0.15) is 5.78 Å². The highest BCUT2D eigenvalue weighted by molar-refractivity contribution is 5.95. The highest BCUT2D eigenvalue weighted by atomic mass is 16.6. The minimum absolute atomic E-state index is 0.00998. The quantitative estimate of drug-likeness (QED) is 0.237. The molecule has 8 heteroatoms. The molecule has 3 rings (SSSR count). The number of nitrogens with two attached hydrogens (primary N) is 1. The molecule has 0 unspecified atom stereocenters. The molecular weight excluding hydrogens is 484 g/mol. The number of Topliss-reactive ketones (excluding diaryl/α,β-unsaturated/α-hetero) is 1. The summed E-state index contributed by atoms with van der Waals surface area (Å²) in [5.41, 5.74) is 8.91. The molecule has 0 fully saturated rings. The topological polar surface area (TPSA) is 100 Å². The van der Waals surface area contributed by atoms with E-state index in [-0.39, 0.29) is 11.7 Å². The summed E-state index contributed by atoms with van der Waals surface area (Å²) >= 11 is 0. The summed E-state index contributed by atoms with van der Waals surface area (Å²) in [7, 11) is 0. The average molecular weight is 523 g/mol. The number of rotatable bonds is 18. The van der Waals surface area contributed by atoms with E-state index >= 15 is 0 Å². The van der Waals surface area contributed by atoms with E-state index in [2.05, 4.69) is 11.8 Å². The van der Waals surface area contributed by atoms with Gasteiger partial charge in [0.25, 0.3) is 0 Å². The first-order valence-electron chi connectivity index (χ1n) is 13.2. The maximum Gasteiger partial charge on any atom is 0.227 e. The van der Waals surface area contributed by atoms with Crippen molar-refractivity contribution in [2.24, 2.45) is 5.73 Å². The van der Waals surface area contributed by atoms with Gasteiger partial charge in [-0.2, -0.15) is 0 Å². The van der Waals surface area contributed by atoms with Crippen molar-refractivity contribution in [1.82, 2.24) is 0 Å². The Kier molecular flexibility index (Phi) is 13.5. The molecule has 0 atom stereocenters. The number of ether oxygens (including phenoxy) is 4. The predicted octanol–water partition coefficient (Wildman–Crippen LogP) is 3.09. The lowest BCUT2D eigenvalue weighted by Crippen LogP contribution is -2.31. The van der Waals surface area contributed by atoms with Crippen LogP contribution in [0.5, 0.6) is 0 Å². The number of ketones is 1. The van der Waals surface area contributed by atoms with Gasteiger partial charge in [-0.1, -0.05) is 42.2 Å². The lowest BCUT2D eigenvalue weighted by Gasteiger charge is -2.26. The van der Waals surface area contributed by atoms with Crippen LogP contribution in [-0.2, 0) is 35.1 Å². The van der Waals surface area contributed by atoms with E-state index in [1.54, 1.807) is 4.90 Å². The summed E-state index contributed by atoms with van der Waals surface area (Å²) in [6.07, 6.45) is 1.48. The standard InChI is InChI=1S/C30H38N2O6/c31-15-17-36-19-21-38-23-22-37-20-18-35-16-14-28(33)9-5-11-30(34)32-24-27-8-2-1-6-25(27)12-13-26-7-3-4-10-29(26)32/h1-4,6-8,10H,5,9,11,14-24,31H2. The highest BCUT2D eigenvalue weighted by Crippen LogP contribution is 2.26. The zero-order chi connectivity index (χ0) is 26.8. The van der Waals surface area contributed by atoms with Gasteiger partial charge in [-0.3, -0.25) is 9.59 Å². The van der Waals surface area contributed by atoms with Crippen LogP contribution in [0.15, 0.2) is 48.5 Å². The molecule has 204 valence electrons. The van der Waals surface area contributed by atoms with Crippen LogP contribution in [0.2, 0.25) is 0 Å². The van der Waals surface area contributed by atoms with Crippen molar-refractivity contribution in [2.75, 3.05) is 64.3 Å². The van der Waals surface area contributed by atoms with Crippen LogP contribution < -0.4 is 10.6 Å². The molecule has 2 N–H and O–H groups in total. The molecule has 0 radical (unpaired) electrons. The van der Waals surface area contributed by atoms with Crippen molar-refractivity contribution in [3.05, 3.63) is 65.2 Å². The molecule has 0 saturated heterocycles. The molecule has 1 aliphatic rings. The second-order valence-corrected chi connectivity index (χ2v) is 8.78. The van der Waals surface area contributed by atoms with Crippen molar-refractivity contribution in [2.45, 2.75) is 32.2 Å². The van der Waals surface area contributed by atoms with Gasteiger partial charge in [-0.15, -0.1) is 0 Å². The summed E-state index contributed by atoms with van der Waals surface area (Å²) in [4.78, 5) is 27.3. The van der Waals surface area contributed by atoms with E-state index in [4.69, 9.17) is 24.7 Å². The van der Waals surface area contributed by atoms with Crippen LogP contribution in [0.25, 0.3) is 0 Å². The molecule has 1 amide bonds. The first-order valence-corrected chi connectivity index (χ1v) is 13.2. The van der Waals surface area contributed by atoms with Crippen molar-refractivity contribution in [3.63, 3.8) is 0 Å². The van der Waals surface area contributed by atoms with Gasteiger partial charge in [0.05, 0.1) is 65.1 Å². The summed E-state index contributed by atoms with van der Waals surface area (Å²) in [6.45, 7) is 4.73. The van der Waals surface area contributed by atoms with Crippen LogP contribution >= 0.6 is 0 Å². The Morgan fingerprint density at radius 1 is 0.711 bits per heavy atom. The third-order valence-electron chi connectivity index (χ3n) is 5.92. The third-order valence-corrected chi connectivity index (χ3v) is 5.92. The van der Waals surface area contributed by atoms with Gasteiger partial charge >= 0.3 is 0 Å². The fourth-order valence-corrected chi connectivity index (χ4v) is 3.94. The summed E-state index contributed by atoms with van der Waals surface area (Å²) < 4.78 is 21.5. The minimum Gasteiger partial charge on any atom is -0.379 e. The maximum absolute atomic E-state index is 13.2. The maximum atomic E-state index is 13.2. The van der Waals surface area contributed by atoms with Gasteiger partial charge in [0, 0.05) is 36.9 Å². The second-order valence-electron chi connectivity index (χ2n) is 8.78. The molecule has 38 heavy (non-hydrogen) atoms. The van der Waals surface area contributed by atoms with Gasteiger partial charge in [-0.25, -0.2) is 0 Å². The van der Waals surface area contributed by atoms with E-state index in [1.165, 1.54) is 0 Å². The first kappa shape index (κ1) is 29.5. The van der Waals surface area contributed by atoms with Crippen molar-refractivity contribution < 1.29 is 28.5 Å². The van der Waals surface area contributed by atoms with Crippen LogP contribution in [-0.4, -0.2) is 71.1 Å². The molecule has 1 aliphatic heterocycles. The van der Waals surface area contributed by atoms with Gasteiger partial charge < -0.3 is 29.6 Å². The Morgan fingerprint density at radius 2 is 1.29 bits per heavy atom. The van der Waals surface area contributed by atoms with E-state index < -0.39 is 0 Å². The van der Waals surface area contributed by atoms with Crippen LogP contribution in [0.4, 0.5) is 5.69 Å². The summed E-state index contributed by atoms with van der Waals surface area (Å²) in [5, 5.41) is 0. The largest absolute Gasteiger partial charge is 0.379 e. The molecule has 0 spiro atoms. The Morgan fingerprint density at radius 3 is 2.00 bits per heavy atom. The number of carbonyl (C=O) groups excluding carboxylic acids is 2. The van der Waals surface area contributed by atoms with E-state index in [0.717, 1.165) is 22.4 Å². The molecule has 2 aromatic rings. The lowest BCUT2D eigenvalue weighted by molar-refractivity contribution is -0.121. The number of fused-ring (bicyclic) bond motifs is 2. The average Bonchev–Trinajstić information content (AvgIpc) is 2.92. The fourth-order valence-electron chi connectivity index (χ4n) is 3.94. The zero-order valence-electron chi connectivity index (χ0n) is 22.0. The number of anilines is 1. The monoisotopic (exact) mass is 522 g/mol. The van der Waals surface area contributed by atoms with Crippen LogP contribution in [0, 0.1) is 11.8 Å². The molecule has 0 aromatic heterocycles. The van der Waals surface area contributed by atoms with Crippen LogP contribution in [0.1, 0.15) is 42.4 Å². The molecule has 1 heterocycles. The van der Waals surface area contributed by atoms with Gasteiger partial charge in [0.2, 0.25) is 5.91 Å². The molecule has 2 aromatic carbocycles. The smallest absolute Gasteiger partial charge is 0.227 e.